The minimum absolute atomic E-state index is 0.00467. The summed E-state index contributed by atoms with van der Waals surface area (Å²) in [5, 5.41) is 4.40. The second kappa shape index (κ2) is 6.71. The van der Waals surface area contributed by atoms with Gasteiger partial charge in [0.2, 0.25) is 11.8 Å². The molecule has 6 nitrogen and oxygen atoms in total. The van der Waals surface area contributed by atoms with E-state index in [9.17, 15) is 9.59 Å². The second-order valence-corrected chi connectivity index (χ2v) is 9.26. The first-order chi connectivity index (χ1) is 14.6. The number of likely N-dealkylation sites (tertiary alicyclic amines) is 1. The number of aromatic nitrogens is 1. The van der Waals surface area contributed by atoms with Gasteiger partial charge in [0.05, 0.1) is 24.5 Å². The van der Waals surface area contributed by atoms with Crippen molar-refractivity contribution in [1.82, 2.24) is 15.2 Å². The van der Waals surface area contributed by atoms with E-state index >= 15 is 0 Å². The van der Waals surface area contributed by atoms with Crippen LogP contribution in [-0.2, 0) is 20.7 Å². The number of rotatable bonds is 5. The largest absolute Gasteiger partial charge is 0.361 e. The highest BCUT2D eigenvalue weighted by molar-refractivity contribution is 5.93. The zero-order chi connectivity index (χ0) is 20.3. The average Bonchev–Trinajstić information content (AvgIpc) is 3.55. The number of amides is 2. The third-order valence-electron chi connectivity index (χ3n) is 7.51. The van der Waals surface area contributed by atoms with Crippen LogP contribution in [0.15, 0.2) is 42.6 Å². The summed E-state index contributed by atoms with van der Waals surface area (Å²) in [6.07, 6.45) is 11.0. The van der Waals surface area contributed by atoms with E-state index in [1.165, 1.54) is 23.8 Å². The van der Waals surface area contributed by atoms with Gasteiger partial charge in [-0.15, -0.1) is 0 Å². The Morgan fingerprint density at radius 3 is 2.97 bits per heavy atom. The molecule has 1 saturated carbocycles. The molecule has 3 aliphatic heterocycles. The van der Waals surface area contributed by atoms with Crippen molar-refractivity contribution in [2.75, 3.05) is 13.1 Å². The first kappa shape index (κ1) is 18.2. The lowest BCUT2D eigenvalue weighted by molar-refractivity contribution is -0.137. The van der Waals surface area contributed by atoms with Crippen LogP contribution < -0.4 is 5.32 Å². The summed E-state index contributed by atoms with van der Waals surface area (Å²) < 4.78 is 6.25. The fourth-order valence-electron chi connectivity index (χ4n) is 6.03. The van der Waals surface area contributed by atoms with Gasteiger partial charge in [0.1, 0.15) is 5.60 Å². The Balaban J connectivity index is 1.19. The van der Waals surface area contributed by atoms with Gasteiger partial charge in [-0.05, 0) is 30.9 Å². The molecule has 6 heteroatoms. The summed E-state index contributed by atoms with van der Waals surface area (Å²) >= 11 is 0. The first-order valence-electron chi connectivity index (χ1n) is 11.2. The highest BCUT2D eigenvalue weighted by atomic mass is 16.5. The number of fused-ring (bicyclic) bond motifs is 2. The number of carbonyl (C=O) groups is 2. The van der Waals surface area contributed by atoms with Crippen LogP contribution in [0.1, 0.15) is 31.2 Å². The van der Waals surface area contributed by atoms with Crippen LogP contribution in [0.2, 0.25) is 0 Å². The summed E-state index contributed by atoms with van der Waals surface area (Å²) in [4.78, 5) is 31.6. The molecule has 1 aromatic carbocycles. The number of para-hydroxylation sites is 1. The number of nitrogens with one attached hydrogen (secondary N) is 2. The molecule has 1 aromatic heterocycles. The number of nitrogens with zero attached hydrogens (tertiary/aromatic N) is 1. The molecule has 3 fully saturated rings. The van der Waals surface area contributed by atoms with Crippen LogP contribution in [0.5, 0.6) is 0 Å². The van der Waals surface area contributed by atoms with Gasteiger partial charge in [-0.25, -0.2) is 0 Å². The summed E-state index contributed by atoms with van der Waals surface area (Å²) in [6, 6.07) is 8.48. The van der Waals surface area contributed by atoms with Crippen LogP contribution in [0.3, 0.4) is 0 Å². The van der Waals surface area contributed by atoms with E-state index < -0.39 is 17.4 Å². The second-order valence-electron chi connectivity index (χ2n) is 9.26. The Labute approximate surface area is 175 Å². The molecule has 2 aromatic rings. The van der Waals surface area contributed by atoms with Crippen molar-refractivity contribution in [2.24, 2.45) is 11.8 Å². The summed E-state index contributed by atoms with van der Waals surface area (Å²) in [7, 11) is 0. The number of aromatic amines is 1. The third kappa shape index (κ3) is 2.66. The molecule has 0 unspecified atom stereocenters. The van der Waals surface area contributed by atoms with Gasteiger partial charge < -0.3 is 19.9 Å². The van der Waals surface area contributed by atoms with Gasteiger partial charge in [-0.3, -0.25) is 9.59 Å². The van der Waals surface area contributed by atoms with E-state index in [0.717, 1.165) is 24.8 Å². The number of hydrogen-bond acceptors (Lipinski definition) is 3. The van der Waals surface area contributed by atoms with Crippen molar-refractivity contribution in [1.29, 1.82) is 0 Å². The Bertz CT molecular complexity index is 1040. The summed E-state index contributed by atoms with van der Waals surface area (Å²) in [6.45, 7) is 1.18. The smallest absolute Gasteiger partial charge is 0.230 e. The number of hydrogen-bond donors (Lipinski definition) is 2. The zero-order valence-electron chi connectivity index (χ0n) is 17.0. The molecule has 6 rings (SSSR count). The Hall–Kier alpha value is -2.60. The normalized spacial score (nSPS) is 32.5. The quantitative estimate of drug-likeness (QED) is 0.751. The fraction of sp³-hybridized carbons (Fsp3) is 0.500. The van der Waals surface area contributed by atoms with Crippen LogP contribution >= 0.6 is 0 Å². The van der Waals surface area contributed by atoms with Crippen molar-refractivity contribution in [3.8, 4) is 0 Å². The Morgan fingerprint density at radius 2 is 2.10 bits per heavy atom. The Kier molecular flexibility index (Phi) is 4.07. The van der Waals surface area contributed by atoms with E-state index in [0.29, 0.717) is 13.1 Å². The van der Waals surface area contributed by atoms with Gasteiger partial charge in [0.25, 0.3) is 0 Å². The molecular formula is C24H27N3O3. The average molecular weight is 405 g/mol. The lowest BCUT2D eigenvalue weighted by Crippen LogP contribution is -2.46. The first-order valence-corrected chi connectivity index (χ1v) is 11.2. The maximum atomic E-state index is 13.4. The van der Waals surface area contributed by atoms with Crippen LogP contribution in [0.25, 0.3) is 10.9 Å². The van der Waals surface area contributed by atoms with E-state index in [-0.39, 0.29) is 24.0 Å². The van der Waals surface area contributed by atoms with Gasteiger partial charge in [0, 0.05) is 29.7 Å². The third-order valence-corrected chi connectivity index (χ3v) is 7.51. The molecule has 30 heavy (non-hydrogen) atoms. The predicted octanol–water partition coefficient (Wildman–Crippen LogP) is 2.55. The minimum atomic E-state index is -0.625. The molecule has 2 amide bonds. The van der Waals surface area contributed by atoms with Gasteiger partial charge in [-0.1, -0.05) is 43.2 Å². The van der Waals surface area contributed by atoms with E-state index in [2.05, 4.69) is 22.4 Å². The highest BCUT2D eigenvalue weighted by Crippen LogP contribution is 2.52. The topological polar surface area (TPSA) is 74.4 Å². The molecule has 1 aliphatic carbocycles. The van der Waals surface area contributed by atoms with Crippen molar-refractivity contribution >= 4 is 22.7 Å². The molecule has 4 heterocycles. The monoisotopic (exact) mass is 405 g/mol. The summed E-state index contributed by atoms with van der Waals surface area (Å²) in [5.41, 5.74) is 1.70. The van der Waals surface area contributed by atoms with Gasteiger partial charge in [0.15, 0.2) is 0 Å². The molecule has 4 aliphatic rings. The number of carbonyl (C=O) groups excluding carboxylic acids is 2. The van der Waals surface area contributed by atoms with Crippen molar-refractivity contribution in [2.45, 2.75) is 49.9 Å². The lowest BCUT2D eigenvalue weighted by atomic mass is 9.76. The molecule has 2 N–H and O–H groups in total. The molecule has 2 saturated heterocycles. The molecule has 0 radical (unpaired) electrons. The molecule has 156 valence electrons. The van der Waals surface area contributed by atoms with Gasteiger partial charge in [-0.2, -0.15) is 0 Å². The van der Waals surface area contributed by atoms with E-state index in [4.69, 9.17) is 4.74 Å². The van der Waals surface area contributed by atoms with Gasteiger partial charge >= 0.3 is 0 Å². The van der Waals surface area contributed by atoms with Crippen molar-refractivity contribution in [3.05, 3.63) is 48.2 Å². The molecule has 1 spiro atoms. The van der Waals surface area contributed by atoms with E-state index in [1.807, 2.05) is 35.4 Å². The standard InChI is InChI=1S/C24H27N3O3/c28-22(26-16-5-1-2-6-16)20-19-9-11-24(30-19)14-27(23(29)21(20)24)12-10-15-13-25-18-8-4-3-7-17(15)18/h3-4,7-9,11,13,16,19-21,25H,1-2,5-6,10,12,14H2,(H,26,28)/t19-,20+,21+,24-/m1/s1. The van der Waals surface area contributed by atoms with Crippen LogP contribution in [0, 0.1) is 11.8 Å². The maximum absolute atomic E-state index is 13.4. The maximum Gasteiger partial charge on any atom is 0.230 e. The predicted molar refractivity (Wildman–Crippen MR) is 113 cm³/mol. The van der Waals surface area contributed by atoms with Crippen molar-refractivity contribution in [3.63, 3.8) is 0 Å². The molecule has 4 atom stereocenters. The number of H-pyrrole nitrogens is 1. The van der Waals surface area contributed by atoms with Crippen molar-refractivity contribution < 1.29 is 14.3 Å². The highest BCUT2D eigenvalue weighted by Gasteiger charge is 2.66. The number of ether oxygens (including phenoxy) is 1. The summed E-state index contributed by atoms with van der Waals surface area (Å²) in [5.74, 6) is -0.735. The number of benzene rings is 1. The lowest BCUT2D eigenvalue weighted by Gasteiger charge is -2.25. The van der Waals surface area contributed by atoms with Crippen LogP contribution in [0.4, 0.5) is 0 Å². The fourth-order valence-corrected chi connectivity index (χ4v) is 6.03. The molecular weight excluding hydrogens is 378 g/mol. The Morgan fingerprint density at radius 1 is 1.27 bits per heavy atom. The minimum Gasteiger partial charge on any atom is -0.361 e. The SMILES string of the molecule is O=C(NC1CCCC1)[C@@H]1[C@H]2C(=O)N(CCc3c[nH]c4ccccc34)C[C@]23C=C[C@H]1O3. The zero-order valence-corrected chi connectivity index (χ0v) is 17.0. The van der Waals surface area contributed by atoms with E-state index in [1.54, 1.807) is 0 Å². The molecule has 2 bridgehead atoms. The van der Waals surface area contributed by atoms with Crippen LogP contribution in [-0.4, -0.2) is 52.5 Å².